The van der Waals surface area contributed by atoms with Gasteiger partial charge in [0.2, 0.25) is 0 Å². The highest BCUT2D eigenvalue weighted by Crippen LogP contribution is 2.61. The fraction of sp³-hybridized carbons (Fsp3) is 0.435. The smallest absolute Gasteiger partial charge is 0.181 e. The second kappa shape index (κ2) is 5.86. The predicted octanol–water partition coefficient (Wildman–Crippen LogP) is 5.34. The summed E-state index contributed by atoms with van der Waals surface area (Å²) in [5.74, 6) is 2.56. The standard InChI is InChI=1S/C23H23N3OS/c24-19-17-1-2-18(16-3-5-25-6-4-16)26-22(17)28-20(19)21(27)23-10-13-7-14(11-23)9-15(8-13)12-23/h1-6,13-15H,7-12,24H2. The molecule has 4 aliphatic rings. The number of nitrogen functional groups attached to an aromatic ring is 1. The van der Waals surface area contributed by atoms with Crippen LogP contribution in [0.1, 0.15) is 48.2 Å². The Bertz CT molecular complexity index is 1050. The molecule has 7 rings (SSSR count). The van der Waals surface area contributed by atoms with E-state index in [1.165, 1.54) is 30.6 Å². The summed E-state index contributed by atoms with van der Waals surface area (Å²) in [6, 6.07) is 7.90. The Morgan fingerprint density at radius 3 is 2.29 bits per heavy atom. The first-order valence-corrected chi connectivity index (χ1v) is 11.1. The number of anilines is 1. The normalized spacial score (nSPS) is 30.8. The van der Waals surface area contributed by atoms with Gasteiger partial charge >= 0.3 is 0 Å². The van der Waals surface area contributed by atoms with Crippen LogP contribution in [0, 0.1) is 23.2 Å². The summed E-state index contributed by atoms with van der Waals surface area (Å²) >= 11 is 1.49. The number of nitrogens with two attached hydrogens (primary N) is 1. The Morgan fingerprint density at radius 1 is 1.00 bits per heavy atom. The summed E-state index contributed by atoms with van der Waals surface area (Å²) in [5.41, 5.74) is 8.89. The minimum atomic E-state index is -0.155. The molecule has 5 heteroatoms. The van der Waals surface area contributed by atoms with Crippen LogP contribution < -0.4 is 5.73 Å². The lowest BCUT2D eigenvalue weighted by molar-refractivity contribution is -0.0350. The van der Waals surface area contributed by atoms with Gasteiger partial charge in [0, 0.05) is 28.8 Å². The van der Waals surface area contributed by atoms with Crippen molar-refractivity contribution in [3.8, 4) is 11.3 Å². The molecule has 0 atom stereocenters. The molecule has 0 amide bonds. The predicted molar refractivity (Wildman–Crippen MR) is 112 cm³/mol. The quantitative estimate of drug-likeness (QED) is 0.614. The average Bonchev–Trinajstić information content (AvgIpc) is 3.03. The van der Waals surface area contributed by atoms with Crippen LogP contribution in [0.4, 0.5) is 5.69 Å². The van der Waals surface area contributed by atoms with E-state index in [0.717, 1.165) is 63.4 Å². The highest BCUT2D eigenvalue weighted by molar-refractivity contribution is 7.21. The highest BCUT2D eigenvalue weighted by atomic mass is 32.1. The molecule has 4 nitrogen and oxygen atoms in total. The molecule has 4 aliphatic carbocycles. The summed E-state index contributed by atoms with van der Waals surface area (Å²) in [6.45, 7) is 0. The SMILES string of the molecule is Nc1c(C(=O)C23CC4CC(CC(C4)C2)C3)sc2nc(-c3ccncc3)ccc12. The second-order valence-electron chi connectivity index (χ2n) is 9.16. The average molecular weight is 390 g/mol. The minimum Gasteiger partial charge on any atom is -0.397 e. The van der Waals surface area contributed by atoms with Gasteiger partial charge < -0.3 is 5.73 Å². The molecule has 0 saturated heterocycles. The summed E-state index contributed by atoms with van der Waals surface area (Å²) < 4.78 is 0. The molecule has 3 aromatic heterocycles. The van der Waals surface area contributed by atoms with E-state index in [2.05, 4.69) is 4.98 Å². The molecule has 0 spiro atoms. The fourth-order valence-electron chi connectivity index (χ4n) is 6.48. The maximum atomic E-state index is 13.7. The fourth-order valence-corrected chi connectivity index (χ4v) is 7.63. The number of hydrogen-bond acceptors (Lipinski definition) is 5. The first kappa shape index (κ1) is 16.7. The molecule has 4 bridgehead atoms. The number of carbonyl (C=O) groups excluding carboxylic acids is 1. The third kappa shape index (κ3) is 2.38. The molecule has 2 N–H and O–H groups in total. The van der Waals surface area contributed by atoms with Gasteiger partial charge in [0.25, 0.3) is 0 Å². The Hall–Kier alpha value is -2.27. The van der Waals surface area contributed by atoms with E-state index in [1.54, 1.807) is 12.4 Å². The van der Waals surface area contributed by atoms with Crippen molar-refractivity contribution in [2.24, 2.45) is 23.2 Å². The molecule has 4 fully saturated rings. The number of pyridine rings is 2. The third-order valence-electron chi connectivity index (χ3n) is 7.30. The number of ketones is 1. The molecule has 0 aliphatic heterocycles. The number of nitrogens with zero attached hydrogens (tertiary/aromatic N) is 2. The number of hydrogen-bond donors (Lipinski definition) is 1. The lowest BCUT2D eigenvalue weighted by Gasteiger charge is -2.55. The molecule has 0 aromatic carbocycles. The van der Waals surface area contributed by atoms with Gasteiger partial charge in [-0.15, -0.1) is 11.3 Å². The second-order valence-corrected chi connectivity index (χ2v) is 10.2. The number of Topliss-reactive ketones (excluding diaryl/α,β-unsaturated/α-hetero) is 1. The highest BCUT2D eigenvalue weighted by Gasteiger charge is 2.55. The van der Waals surface area contributed by atoms with E-state index in [4.69, 9.17) is 10.7 Å². The van der Waals surface area contributed by atoms with Crippen molar-refractivity contribution in [2.45, 2.75) is 38.5 Å². The van der Waals surface area contributed by atoms with Crippen LogP contribution in [-0.2, 0) is 0 Å². The van der Waals surface area contributed by atoms with E-state index in [-0.39, 0.29) is 5.41 Å². The first-order valence-electron chi connectivity index (χ1n) is 10.3. The van der Waals surface area contributed by atoms with Crippen LogP contribution in [0.25, 0.3) is 21.5 Å². The number of thiophene rings is 1. The minimum absolute atomic E-state index is 0.155. The van der Waals surface area contributed by atoms with E-state index < -0.39 is 0 Å². The van der Waals surface area contributed by atoms with Crippen molar-refractivity contribution in [3.63, 3.8) is 0 Å². The van der Waals surface area contributed by atoms with Crippen molar-refractivity contribution < 1.29 is 4.79 Å². The van der Waals surface area contributed by atoms with Crippen LogP contribution in [0.5, 0.6) is 0 Å². The zero-order chi connectivity index (χ0) is 18.9. The number of rotatable bonds is 3. The van der Waals surface area contributed by atoms with Crippen molar-refractivity contribution in [3.05, 3.63) is 41.5 Å². The van der Waals surface area contributed by atoms with Gasteiger partial charge in [-0.3, -0.25) is 9.78 Å². The zero-order valence-corrected chi connectivity index (χ0v) is 16.5. The van der Waals surface area contributed by atoms with Crippen molar-refractivity contribution in [1.29, 1.82) is 0 Å². The topological polar surface area (TPSA) is 68.9 Å². The lowest BCUT2D eigenvalue weighted by Crippen LogP contribution is -2.49. The Balaban J connectivity index is 1.41. The lowest BCUT2D eigenvalue weighted by atomic mass is 9.48. The maximum Gasteiger partial charge on any atom is 0.181 e. The van der Waals surface area contributed by atoms with E-state index >= 15 is 0 Å². The van der Waals surface area contributed by atoms with Gasteiger partial charge in [-0.25, -0.2) is 4.98 Å². The van der Waals surface area contributed by atoms with Gasteiger partial charge in [0.1, 0.15) is 4.83 Å². The maximum absolute atomic E-state index is 13.7. The van der Waals surface area contributed by atoms with Gasteiger partial charge in [-0.2, -0.15) is 0 Å². The van der Waals surface area contributed by atoms with E-state index in [0.29, 0.717) is 11.5 Å². The summed E-state index contributed by atoms with van der Waals surface area (Å²) in [7, 11) is 0. The van der Waals surface area contributed by atoms with Crippen LogP contribution in [-0.4, -0.2) is 15.8 Å². The number of fused-ring (bicyclic) bond motifs is 1. The van der Waals surface area contributed by atoms with E-state index in [9.17, 15) is 4.79 Å². The largest absolute Gasteiger partial charge is 0.397 e. The van der Waals surface area contributed by atoms with Crippen LogP contribution in [0.3, 0.4) is 0 Å². The van der Waals surface area contributed by atoms with Gasteiger partial charge in [0.05, 0.1) is 16.3 Å². The molecule has 4 saturated carbocycles. The van der Waals surface area contributed by atoms with Gasteiger partial charge in [-0.05, 0) is 80.5 Å². The third-order valence-corrected chi connectivity index (χ3v) is 8.41. The monoisotopic (exact) mass is 389 g/mol. The number of aromatic nitrogens is 2. The van der Waals surface area contributed by atoms with Crippen LogP contribution in [0.15, 0.2) is 36.7 Å². The molecule has 3 aromatic rings. The summed E-state index contributed by atoms with van der Waals surface area (Å²) in [4.78, 5) is 24.2. The van der Waals surface area contributed by atoms with E-state index in [1.807, 2.05) is 24.3 Å². The molecule has 142 valence electrons. The Labute approximate surface area is 168 Å². The first-order chi connectivity index (χ1) is 13.6. The van der Waals surface area contributed by atoms with Crippen molar-refractivity contribution >= 4 is 33.0 Å². The molecular weight excluding hydrogens is 366 g/mol. The molecule has 0 unspecified atom stereocenters. The van der Waals surface area contributed by atoms with Crippen LogP contribution >= 0.6 is 11.3 Å². The molecular formula is C23H23N3OS. The molecule has 0 radical (unpaired) electrons. The number of carbonyl (C=O) groups is 1. The Kier molecular flexibility index (Phi) is 3.49. The Morgan fingerprint density at radius 2 is 1.64 bits per heavy atom. The van der Waals surface area contributed by atoms with Gasteiger partial charge in [0.15, 0.2) is 5.78 Å². The van der Waals surface area contributed by atoms with Crippen molar-refractivity contribution in [2.75, 3.05) is 5.73 Å². The molecule has 28 heavy (non-hydrogen) atoms. The van der Waals surface area contributed by atoms with Crippen molar-refractivity contribution in [1.82, 2.24) is 9.97 Å². The zero-order valence-electron chi connectivity index (χ0n) is 15.7. The van der Waals surface area contributed by atoms with Gasteiger partial charge in [-0.1, -0.05) is 0 Å². The molecule has 3 heterocycles. The van der Waals surface area contributed by atoms with Crippen LogP contribution in [0.2, 0.25) is 0 Å². The summed E-state index contributed by atoms with van der Waals surface area (Å²) in [5, 5.41) is 0.913. The summed E-state index contributed by atoms with van der Waals surface area (Å²) in [6.07, 6.45) is 10.8.